The van der Waals surface area contributed by atoms with Crippen LogP contribution in [0, 0.1) is 6.92 Å². The highest BCUT2D eigenvalue weighted by molar-refractivity contribution is 7.89. The minimum atomic E-state index is -3.36. The van der Waals surface area contributed by atoms with Crippen molar-refractivity contribution in [3.05, 3.63) is 29.8 Å². The Labute approximate surface area is 110 Å². The van der Waals surface area contributed by atoms with Crippen molar-refractivity contribution in [3.8, 4) is 0 Å². The average molecular weight is 270 g/mol. The Kier molecular flexibility index (Phi) is 6.32. The average Bonchev–Trinajstić information content (AvgIpc) is 2.34. The van der Waals surface area contributed by atoms with Gasteiger partial charge in [0.1, 0.15) is 0 Å². The number of benzene rings is 1. The third-order valence-electron chi connectivity index (χ3n) is 2.81. The molecule has 102 valence electrons. The first-order valence-corrected chi connectivity index (χ1v) is 7.81. The summed E-state index contributed by atoms with van der Waals surface area (Å²) in [5, 5.41) is 0. The molecule has 0 aliphatic heterocycles. The van der Waals surface area contributed by atoms with E-state index in [2.05, 4.69) is 4.72 Å². The van der Waals surface area contributed by atoms with Crippen molar-refractivity contribution in [1.82, 2.24) is 4.72 Å². The lowest BCUT2D eigenvalue weighted by atomic mass is 10.2. The molecule has 1 rings (SSSR count). The molecule has 0 heterocycles. The number of nitrogens with one attached hydrogen (secondary N) is 1. The largest absolute Gasteiger partial charge is 0.330 e. The van der Waals surface area contributed by atoms with E-state index in [4.69, 9.17) is 5.73 Å². The summed E-state index contributed by atoms with van der Waals surface area (Å²) in [6.45, 7) is 2.99. The highest BCUT2D eigenvalue weighted by atomic mass is 32.2. The molecular weight excluding hydrogens is 248 g/mol. The summed E-state index contributed by atoms with van der Waals surface area (Å²) in [5.74, 6) is 0. The van der Waals surface area contributed by atoms with Crippen molar-refractivity contribution in [1.29, 1.82) is 0 Å². The molecule has 1 aromatic carbocycles. The predicted octanol–water partition coefficient (Wildman–Crippen LogP) is 1.79. The van der Waals surface area contributed by atoms with Crippen molar-refractivity contribution in [2.75, 3.05) is 13.1 Å². The van der Waals surface area contributed by atoms with Crippen LogP contribution in [0.1, 0.15) is 31.2 Å². The zero-order chi connectivity index (χ0) is 13.4. The van der Waals surface area contributed by atoms with Crippen LogP contribution in [0.5, 0.6) is 0 Å². The summed E-state index contributed by atoms with van der Waals surface area (Å²) >= 11 is 0. The van der Waals surface area contributed by atoms with E-state index in [1.807, 2.05) is 6.07 Å². The summed E-state index contributed by atoms with van der Waals surface area (Å²) < 4.78 is 26.7. The fourth-order valence-corrected chi connectivity index (χ4v) is 3.08. The van der Waals surface area contributed by atoms with Crippen LogP contribution in [0.2, 0.25) is 0 Å². The summed E-state index contributed by atoms with van der Waals surface area (Å²) in [6.07, 6.45) is 3.92. The normalized spacial score (nSPS) is 11.7. The van der Waals surface area contributed by atoms with E-state index in [-0.39, 0.29) is 0 Å². The van der Waals surface area contributed by atoms with Crippen LogP contribution < -0.4 is 10.5 Å². The van der Waals surface area contributed by atoms with Gasteiger partial charge in [0.25, 0.3) is 0 Å². The lowest BCUT2D eigenvalue weighted by Gasteiger charge is -2.08. The fraction of sp³-hybridized carbons (Fsp3) is 0.538. The molecule has 0 amide bonds. The first kappa shape index (κ1) is 15.1. The van der Waals surface area contributed by atoms with Crippen molar-refractivity contribution >= 4 is 10.0 Å². The molecule has 0 bridgehead atoms. The van der Waals surface area contributed by atoms with Crippen molar-refractivity contribution in [2.24, 2.45) is 5.73 Å². The van der Waals surface area contributed by atoms with Gasteiger partial charge >= 0.3 is 0 Å². The molecule has 0 aromatic heterocycles. The topological polar surface area (TPSA) is 72.2 Å². The fourth-order valence-electron chi connectivity index (χ4n) is 1.77. The number of aryl methyl sites for hydroxylation is 1. The number of unbranched alkanes of at least 4 members (excludes halogenated alkanes) is 3. The van der Waals surface area contributed by atoms with Gasteiger partial charge in [-0.15, -0.1) is 0 Å². The van der Waals surface area contributed by atoms with Crippen molar-refractivity contribution < 1.29 is 8.42 Å². The first-order valence-electron chi connectivity index (χ1n) is 6.33. The van der Waals surface area contributed by atoms with E-state index in [1.165, 1.54) is 0 Å². The van der Waals surface area contributed by atoms with Gasteiger partial charge in [-0.2, -0.15) is 0 Å². The molecule has 0 radical (unpaired) electrons. The molecule has 1 aromatic rings. The molecule has 0 saturated heterocycles. The third-order valence-corrected chi connectivity index (χ3v) is 4.43. The molecule has 0 fully saturated rings. The molecule has 0 spiro atoms. The van der Waals surface area contributed by atoms with E-state index in [9.17, 15) is 8.42 Å². The van der Waals surface area contributed by atoms with Gasteiger partial charge in [0.15, 0.2) is 0 Å². The molecule has 0 aliphatic carbocycles. The number of hydrogen-bond acceptors (Lipinski definition) is 3. The van der Waals surface area contributed by atoms with E-state index in [1.54, 1.807) is 25.1 Å². The van der Waals surface area contributed by atoms with E-state index in [0.717, 1.165) is 31.2 Å². The van der Waals surface area contributed by atoms with Gasteiger partial charge in [-0.05, 0) is 37.9 Å². The minimum Gasteiger partial charge on any atom is -0.330 e. The molecule has 0 atom stereocenters. The van der Waals surface area contributed by atoms with Gasteiger partial charge < -0.3 is 5.73 Å². The van der Waals surface area contributed by atoms with E-state index < -0.39 is 10.0 Å². The van der Waals surface area contributed by atoms with Gasteiger partial charge in [0.05, 0.1) is 4.90 Å². The lowest BCUT2D eigenvalue weighted by molar-refractivity contribution is 0.571. The lowest BCUT2D eigenvalue weighted by Crippen LogP contribution is -2.25. The van der Waals surface area contributed by atoms with Crippen LogP contribution in [0.25, 0.3) is 0 Å². The summed E-state index contributed by atoms with van der Waals surface area (Å²) in [7, 11) is -3.36. The maximum absolute atomic E-state index is 12.0. The molecule has 5 heteroatoms. The zero-order valence-corrected chi connectivity index (χ0v) is 11.7. The Morgan fingerprint density at radius 1 is 1.11 bits per heavy atom. The van der Waals surface area contributed by atoms with Crippen LogP contribution >= 0.6 is 0 Å². The van der Waals surface area contributed by atoms with Gasteiger partial charge in [-0.3, -0.25) is 0 Å². The molecule has 0 saturated carbocycles. The van der Waals surface area contributed by atoms with Crippen LogP contribution in [0.4, 0.5) is 0 Å². The summed E-state index contributed by atoms with van der Waals surface area (Å²) in [4.78, 5) is 0.368. The third kappa shape index (κ3) is 4.76. The van der Waals surface area contributed by atoms with E-state index in [0.29, 0.717) is 18.0 Å². The van der Waals surface area contributed by atoms with Crippen LogP contribution in [-0.2, 0) is 10.0 Å². The summed E-state index contributed by atoms with van der Waals surface area (Å²) in [5.41, 5.74) is 6.17. The molecular formula is C13H22N2O2S. The van der Waals surface area contributed by atoms with E-state index >= 15 is 0 Å². The smallest absolute Gasteiger partial charge is 0.240 e. The first-order chi connectivity index (χ1) is 8.58. The standard InChI is InChI=1S/C13H22N2O2S/c1-12-8-4-5-9-13(12)18(16,17)15-11-7-3-2-6-10-14/h4-5,8-9,15H,2-3,6-7,10-11,14H2,1H3. The number of rotatable bonds is 8. The Balaban J connectivity index is 2.44. The van der Waals surface area contributed by atoms with Gasteiger partial charge in [0, 0.05) is 6.54 Å². The Hall–Kier alpha value is -0.910. The maximum atomic E-state index is 12.0. The Morgan fingerprint density at radius 3 is 2.44 bits per heavy atom. The Morgan fingerprint density at radius 2 is 1.78 bits per heavy atom. The van der Waals surface area contributed by atoms with Crippen LogP contribution in [0.15, 0.2) is 29.2 Å². The van der Waals surface area contributed by atoms with Crippen LogP contribution in [0.3, 0.4) is 0 Å². The van der Waals surface area contributed by atoms with Crippen molar-refractivity contribution in [2.45, 2.75) is 37.5 Å². The predicted molar refractivity (Wildman–Crippen MR) is 73.9 cm³/mol. The SMILES string of the molecule is Cc1ccccc1S(=O)(=O)NCCCCCCN. The highest BCUT2D eigenvalue weighted by Crippen LogP contribution is 2.13. The molecule has 3 N–H and O–H groups in total. The second kappa shape index (κ2) is 7.51. The Bertz CT molecular complexity index is 458. The highest BCUT2D eigenvalue weighted by Gasteiger charge is 2.14. The van der Waals surface area contributed by atoms with Gasteiger partial charge in [-0.25, -0.2) is 13.1 Å². The molecule has 0 unspecified atom stereocenters. The van der Waals surface area contributed by atoms with Crippen LogP contribution in [-0.4, -0.2) is 21.5 Å². The number of hydrogen-bond donors (Lipinski definition) is 2. The maximum Gasteiger partial charge on any atom is 0.240 e. The number of sulfonamides is 1. The quantitative estimate of drug-likeness (QED) is 0.707. The minimum absolute atomic E-state index is 0.368. The van der Waals surface area contributed by atoms with Gasteiger partial charge in [-0.1, -0.05) is 31.0 Å². The second-order valence-corrected chi connectivity index (χ2v) is 6.10. The molecule has 0 aliphatic rings. The summed E-state index contributed by atoms with van der Waals surface area (Å²) in [6, 6.07) is 7.01. The number of nitrogens with two attached hydrogens (primary N) is 1. The molecule has 18 heavy (non-hydrogen) atoms. The zero-order valence-electron chi connectivity index (χ0n) is 10.9. The second-order valence-electron chi connectivity index (χ2n) is 4.37. The van der Waals surface area contributed by atoms with Crippen molar-refractivity contribution in [3.63, 3.8) is 0 Å². The van der Waals surface area contributed by atoms with Gasteiger partial charge in [0.2, 0.25) is 10.0 Å². The monoisotopic (exact) mass is 270 g/mol. The molecule has 4 nitrogen and oxygen atoms in total.